The minimum Gasteiger partial charge on any atom is -0.322 e. The first-order valence-corrected chi connectivity index (χ1v) is 7.58. The Morgan fingerprint density at radius 1 is 1.10 bits per heavy atom. The molecule has 2 aromatic carbocycles. The van der Waals surface area contributed by atoms with E-state index in [9.17, 15) is 18.0 Å². The molecule has 2 nitrogen and oxygen atoms in total. The van der Waals surface area contributed by atoms with Gasteiger partial charge in [-0.3, -0.25) is 4.79 Å². The normalized spacial score (nSPS) is 11.3. The van der Waals surface area contributed by atoms with Gasteiger partial charge in [-0.25, -0.2) is 0 Å². The van der Waals surface area contributed by atoms with Gasteiger partial charge in [0.1, 0.15) is 0 Å². The van der Waals surface area contributed by atoms with Crippen molar-refractivity contribution >= 4 is 50.1 Å². The molecule has 0 bridgehead atoms. The van der Waals surface area contributed by atoms with Crippen molar-refractivity contribution in [1.29, 1.82) is 0 Å². The Hall–Kier alpha value is -1.09. The second-order valence-electron chi connectivity index (χ2n) is 4.15. The van der Waals surface area contributed by atoms with Crippen molar-refractivity contribution in [3.8, 4) is 0 Å². The standard InChI is InChI=1S/C14H8BrF3INO/c15-12-6-1-8(14(16,17)18)7-11(12)13(21)20-10-4-2-9(19)3-5-10/h1-7H,(H,20,21). The summed E-state index contributed by atoms with van der Waals surface area (Å²) in [7, 11) is 0. The van der Waals surface area contributed by atoms with Gasteiger partial charge in [-0.1, -0.05) is 0 Å². The fourth-order valence-electron chi connectivity index (χ4n) is 1.61. The third-order valence-electron chi connectivity index (χ3n) is 2.64. The molecule has 0 unspecified atom stereocenters. The molecule has 2 rings (SSSR count). The molecular formula is C14H8BrF3INO. The Balaban J connectivity index is 2.28. The highest BCUT2D eigenvalue weighted by atomic mass is 127. The van der Waals surface area contributed by atoms with Crippen LogP contribution in [-0.4, -0.2) is 5.91 Å². The van der Waals surface area contributed by atoms with Crippen LogP contribution in [0, 0.1) is 3.57 Å². The van der Waals surface area contributed by atoms with E-state index in [1.165, 1.54) is 6.07 Å². The summed E-state index contributed by atoms with van der Waals surface area (Å²) >= 11 is 5.21. The van der Waals surface area contributed by atoms with Crippen molar-refractivity contribution in [1.82, 2.24) is 0 Å². The van der Waals surface area contributed by atoms with Gasteiger partial charge in [0, 0.05) is 13.7 Å². The van der Waals surface area contributed by atoms with Crippen LogP contribution in [0.5, 0.6) is 0 Å². The largest absolute Gasteiger partial charge is 0.416 e. The number of carbonyl (C=O) groups is 1. The van der Waals surface area contributed by atoms with Gasteiger partial charge in [-0.2, -0.15) is 13.2 Å². The van der Waals surface area contributed by atoms with E-state index in [4.69, 9.17) is 0 Å². The molecule has 7 heteroatoms. The van der Waals surface area contributed by atoms with Crippen molar-refractivity contribution in [2.24, 2.45) is 0 Å². The van der Waals surface area contributed by atoms with Gasteiger partial charge in [0.2, 0.25) is 0 Å². The number of halogens is 5. The molecule has 2 aromatic rings. The van der Waals surface area contributed by atoms with E-state index in [1.54, 1.807) is 24.3 Å². The highest BCUT2D eigenvalue weighted by molar-refractivity contribution is 14.1. The zero-order chi connectivity index (χ0) is 15.6. The SMILES string of the molecule is O=C(Nc1ccc(I)cc1)c1cc(C(F)(F)F)ccc1Br. The lowest BCUT2D eigenvalue weighted by atomic mass is 10.1. The number of benzene rings is 2. The zero-order valence-electron chi connectivity index (χ0n) is 10.3. The number of amides is 1. The van der Waals surface area contributed by atoms with Gasteiger partial charge in [0.25, 0.3) is 5.91 Å². The van der Waals surface area contributed by atoms with Crippen molar-refractivity contribution in [2.75, 3.05) is 5.32 Å². The van der Waals surface area contributed by atoms with E-state index < -0.39 is 17.6 Å². The number of carbonyl (C=O) groups excluding carboxylic acids is 1. The van der Waals surface area contributed by atoms with E-state index >= 15 is 0 Å². The Bertz CT molecular complexity index is 671. The summed E-state index contributed by atoms with van der Waals surface area (Å²) in [6.07, 6.45) is -4.49. The van der Waals surface area contributed by atoms with Crippen LogP contribution >= 0.6 is 38.5 Å². The summed E-state index contributed by atoms with van der Waals surface area (Å²) in [5.74, 6) is -0.603. The number of hydrogen-bond donors (Lipinski definition) is 1. The fraction of sp³-hybridized carbons (Fsp3) is 0.0714. The van der Waals surface area contributed by atoms with Crippen molar-refractivity contribution in [2.45, 2.75) is 6.18 Å². The van der Waals surface area contributed by atoms with Crippen LogP contribution in [0.2, 0.25) is 0 Å². The van der Waals surface area contributed by atoms with Crippen molar-refractivity contribution in [3.63, 3.8) is 0 Å². The van der Waals surface area contributed by atoms with Crippen LogP contribution in [0.4, 0.5) is 18.9 Å². The number of nitrogens with one attached hydrogen (secondary N) is 1. The van der Waals surface area contributed by atoms with Crippen molar-refractivity contribution < 1.29 is 18.0 Å². The molecule has 0 aliphatic rings. The molecule has 0 aliphatic carbocycles. The molecule has 21 heavy (non-hydrogen) atoms. The Morgan fingerprint density at radius 2 is 1.71 bits per heavy atom. The summed E-state index contributed by atoms with van der Waals surface area (Å²) in [6, 6.07) is 9.90. The molecule has 0 aromatic heterocycles. The first kappa shape index (κ1) is 16.3. The first-order chi connectivity index (χ1) is 9.77. The number of rotatable bonds is 2. The minimum atomic E-state index is -4.49. The monoisotopic (exact) mass is 469 g/mol. The molecule has 0 spiro atoms. The molecule has 0 heterocycles. The van der Waals surface area contributed by atoms with Crippen LogP contribution < -0.4 is 5.32 Å². The molecular weight excluding hydrogens is 462 g/mol. The summed E-state index contributed by atoms with van der Waals surface area (Å²) in [6.45, 7) is 0. The van der Waals surface area contributed by atoms with Gasteiger partial charge in [0.15, 0.2) is 0 Å². The lowest BCUT2D eigenvalue weighted by Crippen LogP contribution is -2.14. The van der Waals surface area contributed by atoms with Crippen LogP contribution in [-0.2, 0) is 6.18 Å². The van der Waals surface area contributed by atoms with E-state index in [1.807, 2.05) is 0 Å². The van der Waals surface area contributed by atoms with Crippen LogP contribution in [0.1, 0.15) is 15.9 Å². The van der Waals surface area contributed by atoms with Crippen LogP contribution in [0.15, 0.2) is 46.9 Å². The average molecular weight is 470 g/mol. The van der Waals surface area contributed by atoms with Gasteiger partial charge in [-0.05, 0) is 81.0 Å². The summed E-state index contributed by atoms with van der Waals surface area (Å²) in [5, 5.41) is 2.57. The molecule has 110 valence electrons. The van der Waals surface area contributed by atoms with Crippen molar-refractivity contribution in [3.05, 3.63) is 61.6 Å². The fourth-order valence-corrected chi connectivity index (χ4v) is 2.39. The topological polar surface area (TPSA) is 29.1 Å². The highest BCUT2D eigenvalue weighted by Gasteiger charge is 2.31. The second kappa shape index (κ2) is 6.35. The van der Waals surface area contributed by atoms with E-state index in [-0.39, 0.29) is 5.56 Å². The highest BCUT2D eigenvalue weighted by Crippen LogP contribution is 2.32. The quantitative estimate of drug-likeness (QED) is 0.592. The molecule has 0 saturated carbocycles. The lowest BCUT2D eigenvalue weighted by Gasteiger charge is -2.11. The summed E-state index contributed by atoms with van der Waals surface area (Å²) in [5.41, 5.74) is -0.411. The van der Waals surface area contributed by atoms with Gasteiger partial charge in [-0.15, -0.1) is 0 Å². The molecule has 0 saturated heterocycles. The first-order valence-electron chi connectivity index (χ1n) is 5.71. The number of anilines is 1. The summed E-state index contributed by atoms with van der Waals surface area (Å²) in [4.78, 5) is 12.1. The zero-order valence-corrected chi connectivity index (χ0v) is 14.1. The maximum atomic E-state index is 12.7. The maximum absolute atomic E-state index is 12.7. The van der Waals surface area contributed by atoms with Gasteiger partial charge < -0.3 is 5.32 Å². The predicted octanol–water partition coefficient (Wildman–Crippen LogP) is 5.32. The average Bonchev–Trinajstić information content (AvgIpc) is 2.40. The Morgan fingerprint density at radius 3 is 2.29 bits per heavy atom. The third-order valence-corrected chi connectivity index (χ3v) is 4.05. The molecule has 0 aliphatic heterocycles. The molecule has 1 amide bonds. The van der Waals surface area contributed by atoms with E-state index in [0.29, 0.717) is 10.2 Å². The Labute approximate surface area is 141 Å². The van der Waals surface area contributed by atoms with Crippen LogP contribution in [0.3, 0.4) is 0 Å². The smallest absolute Gasteiger partial charge is 0.322 e. The minimum absolute atomic E-state index is 0.0663. The van der Waals surface area contributed by atoms with Gasteiger partial charge in [0.05, 0.1) is 11.1 Å². The second-order valence-corrected chi connectivity index (χ2v) is 6.25. The molecule has 0 radical (unpaired) electrons. The van der Waals surface area contributed by atoms with Gasteiger partial charge >= 0.3 is 6.18 Å². The van der Waals surface area contributed by atoms with E-state index in [2.05, 4.69) is 43.8 Å². The lowest BCUT2D eigenvalue weighted by molar-refractivity contribution is -0.137. The Kier molecular flexibility index (Phi) is 4.92. The number of hydrogen-bond acceptors (Lipinski definition) is 1. The predicted molar refractivity (Wildman–Crippen MR) is 86.3 cm³/mol. The van der Waals surface area contributed by atoms with Crippen LogP contribution in [0.25, 0.3) is 0 Å². The number of alkyl halides is 3. The summed E-state index contributed by atoms with van der Waals surface area (Å²) < 4.78 is 39.4. The molecule has 0 fully saturated rings. The maximum Gasteiger partial charge on any atom is 0.416 e. The molecule has 0 atom stereocenters. The van der Waals surface area contributed by atoms with E-state index in [0.717, 1.165) is 15.7 Å². The third kappa shape index (κ3) is 4.19. The molecule has 1 N–H and O–H groups in total.